The lowest BCUT2D eigenvalue weighted by molar-refractivity contribution is -0.418. The number of carbonyl (C=O) groups is 1. The van der Waals surface area contributed by atoms with Crippen molar-refractivity contribution in [2.24, 2.45) is 0 Å². The second-order valence-electron chi connectivity index (χ2n) is 1.83. The minimum atomic E-state index is 0.183. The summed E-state index contributed by atoms with van der Waals surface area (Å²) in [6, 6.07) is 0. The van der Waals surface area contributed by atoms with E-state index in [0.717, 1.165) is 0 Å². The van der Waals surface area contributed by atoms with Crippen LogP contribution < -0.4 is 0 Å². The van der Waals surface area contributed by atoms with Crippen LogP contribution in [0.5, 0.6) is 0 Å². The predicted molar refractivity (Wildman–Crippen MR) is 31.0 cm³/mol. The summed E-state index contributed by atoms with van der Waals surface area (Å²) in [5.41, 5.74) is 0. The molecule has 2 heteroatoms. The van der Waals surface area contributed by atoms with Crippen molar-refractivity contribution in [2.45, 2.75) is 6.42 Å². The zero-order valence-corrected chi connectivity index (χ0v) is 4.79. The highest BCUT2D eigenvalue weighted by molar-refractivity contribution is 5.98. The standard InChI is InChI=1S/C6H8NO/c1-7-4-2-6(8)3-5-7/h2,4-5H,3H2,1H3/q+1. The highest BCUT2D eigenvalue weighted by Gasteiger charge is 2.03. The second kappa shape index (κ2) is 1.90. The largest absolute Gasteiger partial charge is 0.294 e. The first-order valence-corrected chi connectivity index (χ1v) is 2.55. The Morgan fingerprint density at radius 3 is 2.88 bits per heavy atom. The van der Waals surface area contributed by atoms with Crippen LogP contribution in [0.4, 0.5) is 0 Å². The third-order valence-electron chi connectivity index (χ3n) is 1.08. The molecule has 0 unspecified atom stereocenters. The Hall–Kier alpha value is -0.920. The van der Waals surface area contributed by atoms with Gasteiger partial charge in [0.15, 0.2) is 18.2 Å². The van der Waals surface area contributed by atoms with Crippen molar-refractivity contribution in [3.8, 4) is 0 Å². The SMILES string of the molecule is C[N+]1=CCC(=O)C=C1. The van der Waals surface area contributed by atoms with Crippen molar-refractivity contribution >= 4 is 12.0 Å². The smallest absolute Gasteiger partial charge is 0.171 e. The van der Waals surface area contributed by atoms with E-state index < -0.39 is 0 Å². The summed E-state index contributed by atoms with van der Waals surface area (Å²) < 4.78 is 1.88. The van der Waals surface area contributed by atoms with Crippen LogP contribution >= 0.6 is 0 Å². The molecule has 8 heavy (non-hydrogen) atoms. The van der Waals surface area contributed by atoms with E-state index in [-0.39, 0.29) is 5.78 Å². The molecule has 0 bridgehead atoms. The van der Waals surface area contributed by atoms with E-state index in [1.807, 2.05) is 17.8 Å². The molecule has 0 saturated heterocycles. The lowest BCUT2D eigenvalue weighted by Crippen LogP contribution is -2.08. The van der Waals surface area contributed by atoms with Gasteiger partial charge in [0.05, 0.1) is 6.42 Å². The van der Waals surface area contributed by atoms with Gasteiger partial charge in [-0.2, -0.15) is 0 Å². The molecule has 1 aliphatic rings. The molecule has 1 aliphatic heterocycles. The Balaban J connectivity index is 2.71. The fourth-order valence-electron chi connectivity index (χ4n) is 0.564. The van der Waals surface area contributed by atoms with E-state index in [4.69, 9.17) is 0 Å². The van der Waals surface area contributed by atoms with Crippen LogP contribution in [-0.2, 0) is 4.79 Å². The fraction of sp³-hybridized carbons (Fsp3) is 0.333. The average Bonchev–Trinajstić information content (AvgIpc) is 1.77. The number of hydrogen-bond acceptors (Lipinski definition) is 1. The zero-order chi connectivity index (χ0) is 5.98. The third-order valence-corrected chi connectivity index (χ3v) is 1.08. The summed E-state index contributed by atoms with van der Waals surface area (Å²) in [5.74, 6) is 0.183. The monoisotopic (exact) mass is 110 g/mol. The van der Waals surface area contributed by atoms with Crippen LogP contribution in [-0.4, -0.2) is 23.6 Å². The molecule has 0 amide bonds. The summed E-state index contributed by atoms with van der Waals surface area (Å²) in [5, 5.41) is 0. The lowest BCUT2D eigenvalue weighted by atomic mass is 10.2. The molecule has 0 N–H and O–H groups in total. The molecule has 0 aromatic heterocycles. The first kappa shape index (κ1) is 5.22. The molecule has 0 aromatic rings. The number of allylic oxidation sites excluding steroid dienone is 1. The van der Waals surface area contributed by atoms with Crippen molar-refractivity contribution in [1.29, 1.82) is 0 Å². The quantitative estimate of drug-likeness (QED) is 0.407. The van der Waals surface area contributed by atoms with Gasteiger partial charge < -0.3 is 0 Å². The van der Waals surface area contributed by atoms with Crippen LogP contribution in [0.15, 0.2) is 12.3 Å². The summed E-state index contributed by atoms with van der Waals surface area (Å²) in [6.45, 7) is 0. The van der Waals surface area contributed by atoms with Gasteiger partial charge in [-0.25, -0.2) is 4.58 Å². The molecule has 0 aromatic carbocycles. The molecule has 2 nitrogen and oxygen atoms in total. The van der Waals surface area contributed by atoms with Crippen molar-refractivity contribution in [3.63, 3.8) is 0 Å². The molecule has 0 radical (unpaired) electrons. The number of nitrogens with zero attached hydrogens (tertiary/aromatic N) is 1. The molecule has 0 fully saturated rings. The Kier molecular flexibility index (Phi) is 1.24. The molecule has 0 atom stereocenters. The van der Waals surface area contributed by atoms with Gasteiger partial charge >= 0.3 is 0 Å². The Morgan fingerprint density at radius 2 is 2.50 bits per heavy atom. The highest BCUT2D eigenvalue weighted by atomic mass is 16.1. The topological polar surface area (TPSA) is 20.1 Å². The van der Waals surface area contributed by atoms with E-state index in [0.29, 0.717) is 6.42 Å². The van der Waals surface area contributed by atoms with Gasteiger partial charge in [0, 0.05) is 6.08 Å². The van der Waals surface area contributed by atoms with E-state index in [2.05, 4.69) is 0 Å². The molecule has 0 spiro atoms. The predicted octanol–water partition coefficient (Wildman–Crippen LogP) is 0.186. The zero-order valence-electron chi connectivity index (χ0n) is 4.79. The Bertz CT molecular complexity index is 165. The van der Waals surface area contributed by atoms with Crippen LogP contribution in [0.25, 0.3) is 0 Å². The molecule has 1 heterocycles. The van der Waals surface area contributed by atoms with Crippen molar-refractivity contribution in [3.05, 3.63) is 12.3 Å². The maximum absolute atomic E-state index is 10.5. The van der Waals surface area contributed by atoms with E-state index in [1.54, 1.807) is 12.3 Å². The third kappa shape index (κ3) is 1.03. The molecule has 1 rings (SSSR count). The van der Waals surface area contributed by atoms with Crippen LogP contribution in [0.3, 0.4) is 0 Å². The number of hydrogen-bond donors (Lipinski definition) is 0. The number of ketones is 1. The molecular formula is C6H8NO+. The first-order chi connectivity index (χ1) is 3.79. The summed E-state index contributed by atoms with van der Waals surface area (Å²) in [7, 11) is 1.91. The summed E-state index contributed by atoms with van der Waals surface area (Å²) >= 11 is 0. The van der Waals surface area contributed by atoms with Crippen molar-refractivity contribution < 1.29 is 9.37 Å². The van der Waals surface area contributed by atoms with Gasteiger partial charge in [0.25, 0.3) is 0 Å². The fourth-order valence-corrected chi connectivity index (χ4v) is 0.564. The van der Waals surface area contributed by atoms with Gasteiger partial charge in [-0.1, -0.05) is 0 Å². The van der Waals surface area contributed by atoms with Crippen LogP contribution in [0, 0.1) is 0 Å². The Labute approximate surface area is 48.1 Å². The molecule has 0 saturated carbocycles. The van der Waals surface area contributed by atoms with Gasteiger partial charge in [0.2, 0.25) is 0 Å². The molecular weight excluding hydrogens is 102 g/mol. The van der Waals surface area contributed by atoms with Crippen LogP contribution in [0.1, 0.15) is 6.42 Å². The average molecular weight is 110 g/mol. The summed E-state index contributed by atoms with van der Waals surface area (Å²) in [4.78, 5) is 10.5. The number of carbonyl (C=O) groups excluding carboxylic acids is 1. The second-order valence-corrected chi connectivity index (χ2v) is 1.83. The van der Waals surface area contributed by atoms with Crippen LogP contribution in [0.2, 0.25) is 0 Å². The minimum Gasteiger partial charge on any atom is -0.294 e. The Morgan fingerprint density at radius 1 is 1.75 bits per heavy atom. The summed E-state index contributed by atoms with van der Waals surface area (Å²) in [6.07, 6.45) is 5.74. The molecule has 0 aliphatic carbocycles. The first-order valence-electron chi connectivity index (χ1n) is 2.55. The normalized spacial score (nSPS) is 18.6. The van der Waals surface area contributed by atoms with Gasteiger partial charge in [-0.15, -0.1) is 0 Å². The van der Waals surface area contributed by atoms with E-state index >= 15 is 0 Å². The van der Waals surface area contributed by atoms with Crippen molar-refractivity contribution in [2.75, 3.05) is 7.05 Å². The lowest BCUT2D eigenvalue weighted by Gasteiger charge is -1.91. The highest BCUT2D eigenvalue weighted by Crippen LogP contribution is 1.88. The number of rotatable bonds is 0. The van der Waals surface area contributed by atoms with E-state index in [9.17, 15) is 4.79 Å². The van der Waals surface area contributed by atoms with Gasteiger partial charge in [0.1, 0.15) is 7.05 Å². The van der Waals surface area contributed by atoms with Crippen molar-refractivity contribution in [1.82, 2.24) is 0 Å². The maximum Gasteiger partial charge on any atom is 0.171 e. The van der Waals surface area contributed by atoms with Gasteiger partial charge in [-0.05, 0) is 0 Å². The maximum atomic E-state index is 10.5. The molecule has 42 valence electrons. The van der Waals surface area contributed by atoms with Gasteiger partial charge in [-0.3, -0.25) is 4.79 Å². The van der Waals surface area contributed by atoms with E-state index in [1.165, 1.54) is 0 Å². The minimum absolute atomic E-state index is 0.183.